The molecule has 0 saturated carbocycles. The van der Waals surface area contributed by atoms with Crippen molar-refractivity contribution in [2.75, 3.05) is 41.4 Å². The van der Waals surface area contributed by atoms with E-state index in [1.54, 1.807) is 24.3 Å². The van der Waals surface area contributed by atoms with Crippen molar-refractivity contribution in [3.63, 3.8) is 0 Å². The lowest BCUT2D eigenvalue weighted by molar-refractivity contribution is -0.120. The Bertz CT molecular complexity index is 858. The summed E-state index contributed by atoms with van der Waals surface area (Å²) in [5.41, 5.74) is 1.10. The summed E-state index contributed by atoms with van der Waals surface area (Å²) < 4.78 is 23.8. The van der Waals surface area contributed by atoms with E-state index in [9.17, 15) is 14.0 Å². The van der Waals surface area contributed by atoms with E-state index in [0.717, 1.165) is 5.56 Å². The lowest BCUT2D eigenvalue weighted by Crippen LogP contribution is -2.40. The third-order valence-corrected chi connectivity index (χ3v) is 4.40. The maximum atomic E-state index is 13.5. The molecule has 0 fully saturated rings. The van der Waals surface area contributed by atoms with Crippen LogP contribution in [-0.4, -0.2) is 58.1 Å². The summed E-state index contributed by atoms with van der Waals surface area (Å²) in [7, 11) is 6.68. The molecular formula is C21H26FN3O4. The average molecular weight is 403 g/mol. The van der Waals surface area contributed by atoms with Gasteiger partial charge in [-0.2, -0.15) is 0 Å². The molecule has 7 nitrogen and oxygen atoms in total. The summed E-state index contributed by atoms with van der Waals surface area (Å²) in [5.74, 6) is -0.150. The van der Waals surface area contributed by atoms with Crippen LogP contribution in [0.2, 0.25) is 0 Å². The monoisotopic (exact) mass is 403 g/mol. The number of rotatable bonds is 9. The Hall–Kier alpha value is -3.13. The van der Waals surface area contributed by atoms with Crippen molar-refractivity contribution in [1.82, 2.24) is 15.5 Å². The van der Waals surface area contributed by atoms with E-state index < -0.39 is 5.91 Å². The van der Waals surface area contributed by atoms with Crippen molar-refractivity contribution in [1.29, 1.82) is 0 Å². The molecule has 2 N–H and O–H groups in total. The van der Waals surface area contributed by atoms with Crippen LogP contribution in [0, 0.1) is 5.82 Å². The van der Waals surface area contributed by atoms with Gasteiger partial charge in [0.1, 0.15) is 5.82 Å². The minimum atomic E-state index is -0.407. The Kier molecular flexibility index (Phi) is 7.97. The maximum absolute atomic E-state index is 13.5. The number of nitrogens with zero attached hydrogens (tertiary/aromatic N) is 1. The highest BCUT2D eigenvalue weighted by molar-refractivity contribution is 5.97. The largest absolute Gasteiger partial charge is 0.493 e. The molecule has 2 aromatic carbocycles. The molecule has 0 saturated heterocycles. The van der Waals surface area contributed by atoms with Crippen LogP contribution in [0.5, 0.6) is 11.5 Å². The zero-order chi connectivity index (χ0) is 21.4. The fourth-order valence-electron chi connectivity index (χ4n) is 2.83. The van der Waals surface area contributed by atoms with Gasteiger partial charge >= 0.3 is 0 Å². The second-order valence-corrected chi connectivity index (χ2v) is 6.59. The molecule has 1 atom stereocenters. The Morgan fingerprint density at radius 3 is 2.38 bits per heavy atom. The number of nitrogens with one attached hydrogen (secondary N) is 2. The predicted octanol–water partition coefficient (Wildman–Crippen LogP) is 1.99. The lowest BCUT2D eigenvalue weighted by atomic mass is 10.1. The maximum Gasteiger partial charge on any atom is 0.251 e. The Balaban J connectivity index is 1.91. The zero-order valence-electron chi connectivity index (χ0n) is 17.0. The van der Waals surface area contributed by atoms with Crippen molar-refractivity contribution in [3.05, 3.63) is 59.4 Å². The molecule has 0 aliphatic rings. The van der Waals surface area contributed by atoms with Crippen LogP contribution < -0.4 is 20.1 Å². The summed E-state index contributed by atoms with van der Waals surface area (Å²) in [4.78, 5) is 26.3. The number of amides is 2. The van der Waals surface area contributed by atoms with Crippen LogP contribution in [0.25, 0.3) is 0 Å². The van der Waals surface area contributed by atoms with Crippen LogP contribution in [0.15, 0.2) is 42.5 Å². The quantitative estimate of drug-likeness (QED) is 0.670. The van der Waals surface area contributed by atoms with E-state index in [0.29, 0.717) is 17.1 Å². The Morgan fingerprint density at radius 1 is 1.03 bits per heavy atom. The summed E-state index contributed by atoms with van der Waals surface area (Å²) in [6.07, 6.45) is 0. The number of carbonyl (C=O) groups is 2. The van der Waals surface area contributed by atoms with Crippen molar-refractivity contribution in [3.8, 4) is 11.5 Å². The minimum absolute atomic E-state index is 0.184. The van der Waals surface area contributed by atoms with E-state index in [1.165, 1.54) is 32.4 Å². The molecule has 0 radical (unpaired) electrons. The Morgan fingerprint density at radius 2 is 1.76 bits per heavy atom. The molecule has 0 unspecified atom stereocenters. The van der Waals surface area contributed by atoms with Crippen LogP contribution in [0.1, 0.15) is 22.0 Å². The number of halogens is 1. The summed E-state index contributed by atoms with van der Waals surface area (Å²) >= 11 is 0. The number of ether oxygens (including phenoxy) is 2. The van der Waals surface area contributed by atoms with Gasteiger partial charge in [-0.25, -0.2) is 4.39 Å². The van der Waals surface area contributed by atoms with Gasteiger partial charge in [0.05, 0.1) is 26.8 Å². The van der Waals surface area contributed by atoms with Crippen LogP contribution in [-0.2, 0) is 4.79 Å². The molecule has 2 amide bonds. The van der Waals surface area contributed by atoms with Crippen molar-refractivity contribution >= 4 is 11.8 Å². The first-order chi connectivity index (χ1) is 13.8. The number of likely N-dealkylation sites (N-methyl/N-ethyl adjacent to an activating group) is 1. The molecule has 2 rings (SSSR count). The highest BCUT2D eigenvalue weighted by Crippen LogP contribution is 2.27. The first-order valence-electron chi connectivity index (χ1n) is 9.04. The molecule has 29 heavy (non-hydrogen) atoms. The first-order valence-corrected chi connectivity index (χ1v) is 9.04. The molecule has 156 valence electrons. The Labute approximate surface area is 169 Å². The molecule has 0 spiro atoms. The van der Waals surface area contributed by atoms with E-state index in [1.807, 2.05) is 19.0 Å². The predicted molar refractivity (Wildman–Crippen MR) is 108 cm³/mol. The smallest absolute Gasteiger partial charge is 0.251 e. The normalized spacial score (nSPS) is 11.7. The van der Waals surface area contributed by atoms with Crippen molar-refractivity contribution in [2.45, 2.75) is 6.04 Å². The van der Waals surface area contributed by atoms with Gasteiger partial charge in [0, 0.05) is 12.1 Å². The molecule has 0 aliphatic carbocycles. The van der Waals surface area contributed by atoms with E-state index in [-0.39, 0.29) is 30.9 Å². The summed E-state index contributed by atoms with van der Waals surface area (Å²) in [6, 6.07) is 10.8. The number of carbonyl (C=O) groups excluding carboxylic acids is 2. The topological polar surface area (TPSA) is 79.9 Å². The molecule has 0 aliphatic heterocycles. The summed E-state index contributed by atoms with van der Waals surface area (Å²) in [6.45, 7) is 0.0952. The average Bonchev–Trinajstić information content (AvgIpc) is 2.71. The van der Waals surface area contributed by atoms with Gasteiger partial charge < -0.3 is 25.0 Å². The fraction of sp³-hybridized carbons (Fsp3) is 0.333. The van der Waals surface area contributed by atoms with Crippen LogP contribution in [0.3, 0.4) is 0 Å². The lowest BCUT2D eigenvalue weighted by Gasteiger charge is -2.25. The van der Waals surface area contributed by atoms with Crippen molar-refractivity contribution < 1.29 is 23.5 Å². The number of hydrogen-bond donors (Lipinski definition) is 2. The van der Waals surface area contributed by atoms with Crippen LogP contribution >= 0.6 is 0 Å². The SMILES string of the molecule is COc1ccc(C(=O)NCC(=O)NC[C@@H](c2cccc(F)c2)N(C)C)cc1OC. The van der Waals surface area contributed by atoms with Gasteiger partial charge in [-0.1, -0.05) is 12.1 Å². The van der Waals surface area contributed by atoms with Gasteiger partial charge in [0.25, 0.3) is 5.91 Å². The highest BCUT2D eigenvalue weighted by atomic mass is 19.1. The third kappa shape index (κ3) is 6.18. The summed E-state index contributed by atoms with van der Waals surface area (Å²) in [5, 5.41) is 5.34. The van der Waals surface area contributed by atoms with E-state index in [4.69, 9.17) is 9.47 Å². The molecule has 0 heterocycles. The zero-order valence-corrected chi connectivity index (χ0v) is 17.0. The van der Waals surface area contributed by atoms with Gasteiger partial charge in [-0.3, -0.25) is 9.59 Å². The number of hydrogen-bond acceptors (Lipinski definition) is 5. The number of methoxy groups -OCH3 is 2. The molecule has 0 bridgehead atoms. The van der Waals surface area contributed by atoms with E-state index >= 15 is 0 Å². The molecule has 2 aromatic rings. The van der Waals surface area contributed by atoms with Gasteiger partial charge in [-0.15, -0.1) is 0 Å². The minimum Gasteiger partial charge on any atom is -0.493 e. The van der Waals surface area contributed by atoms with Crippen LogP contribution in [0.4, 0.5) is 4.39 Å². The first kappa shape index (κ1) is 22.2. The molecule has 8 heteroatoms. The molecular weight excluding hydrogens is 377 g/mol. The molecule has 0 aromatic heterocycles. The standard InChI is InChI=1S/C21H26FN3O4/c1-25(2)17(14-6-5-7-16(22)10-14)12-23-20(26)13-24-21(27)15-8-9-18(28-3)19(11-15)29-4/h5-11,17H,12-13H2,1-4H3,(H,23,26)(H,24,27)/t17-/m0/s1. The van der Waals surface area contributed by atoms with Gasteiger partial charge in [0.15, 0.2) is 11.5 Å². The third-order valence-electron chi connectivity index (χ3n) is 4.40. The fourth-order valence-corrected chi connectivity index (χ4v) is 2.83. The van der Waals surface area contributed by atoms with E-state index in [2.05, 4.69) is 10.6 Å². The van der Waals surface area contributed by atoms with Crippen molar-refractivity contribution in [2.24, 2.45) is 0 Å². The van der Waals surface area contributed by atoms with Gasteiger partial charge in [-0.05, 0) is 50.0 Å². The second kappa shape index (κ2) is 10.4. The second-order valence-electron chi connectivity index (χ2n) is 6.59. The number of benzene rings is 2. The highest BCUT2D eigenvalue weighted by Gasteiger charge is 2.17. The van der Waals surface area contributed by atoms with Gasteiger partial charge in [0.2, 0.25) is 5.91 Å².